The Morgan fingerprint density at radius 1 is 1.25 bits per heavy atom. The maximum absolute atomic E-state index is 13.7. The lowest BCUT2D eigenvalue weighted by Crippen LogP contribution is -2.43. The van der Waals surface area contributed by atoms with Gasteiger partial charge in [-0.3, -0.25) is 4.31 Å². The summed E-state index contributed by atoms with van der Waals surface area (Å²) in [5.74, 6) is 0.937. The average Bonchev–Trinajstić information content (AvgIpc) is 2.82. The number of aliphatic hydroxyl groups is 1. The first-order chi connectivity index (χ1) is 15.4. The molecule has 0 bridgehead atoms. The van der Waals surface area contributed by atoms with E-state index in [4.69, 9.17) is 9.47 Å². The van der Waals surface area contributed by atoms with Gasteiger partial charge in [-0.1, -0.05) is 6.08 Å². The standard InChI is InChI=1S/C24H32N2O5S/c1-3-20-5-8-23-22(25-20)7-4-17(2)26(23)32(28,29)21-6-9-24(19(14-21)15-27)31-16-18-10-12-30-13-11-18/h3,5-6,8-9,14,17-18,25,27H,4,7,10-13,15-16H2,1-2H3/b20-3-. The van der Waals surface area contributed by atoms with Crippen LogP contribution < -0.4 is 10.1 Å². The molecule has 3 aliphatic heterocycles. The van der Waals surface area contributed by atoms with Gasteiger partial charge in [-0.25, -0.2) is 8.42 Å². The molecule has 3 heterocycles. The van der Waals surface area contributed by atoms with Gasteiger partial charge in [0.05, 0.1) is 23.8 Å². The molecule has 1 fully saturated rings. The summed E-state index contributed by atoms with van der Waals surface area (Å²) in [6, 6.07) is 4.61. The Morgan fingerprint density at radius 2 is 2.03 bits per heavy atom. The molecule has 1 saturated heterocycles. The van der Waals surface area contributed by atoms with Crippen LogP contribution in [0.5, 0.6) is 5.75 Å². The number of rotatable bonds is 6. The predicted octanol–water partition coefficient (Wildman–Crippen LogP) is 3.43. The third-order valence-corrected chi connectivity index (χ3v) is 8.28. The molecule has 1 atom stereocenters. The molecule has 1 aromatic rings. The van der Waals surface area contributed by atoms with E-state index in [1.807, 2.05) is 32.1 Å². The van der Waals surface area contributed by atoms with Crippen molar-refractivity contribution < 1.29 is 23.0 Å². The molecule has 0 aromatic heterocycles. The largest absolute Gasteiger partial charge is 0.493 e. The second-order valence-electron chi connectivity index (χ2n) is 8.55. The van der Waals surface area contributed by atoms with E-state index in [0.717, 1.165) is 50.3 Å². The van der Waals surface area contributed by atoms with Gasteiger partial charge in [0.15, 0.2) is 0 Å². The Labute approximate surface area is 190 Å². The van der Waals surface area contributed by atoms with Crippen molar-refractivity contribution in [2.24, 2.45) is 5.92 Å². The number of benzene rings is 1. The van der Waals surface area contributed by atoms with Crippen LogP contribution in [-0.2, 0) is 21.4 Å². The van der Waals surface area contributed by atoms with Crippen molar-refractivity contribution in [3.8, 4) is 5.75 Å². The SMILES string of the molecule is C/C=C1/C=CC2=C(CCC(C)N2S(=O)(=O)c2ccc(OCC3CCOCC3)c(CO)c2)N1. The lowest BCUT2D eigenvalue weighted by Gasteiger charge is -2.38. The number of aliphatic hydroxyl groups excluding tert-OH is 1. The van der Waals surface area contributed by atoms with Gasteiger partial charge in [-0.05, 0) is 75.8 Å². The minimum Gasteiger partial charge on any atom is -0.493 e. The highest BCUT2D eigenvalue weighted by atomic mass is 32.2. The van der Waals surface area contributed by atoms with Gasteiger partial charge in [0, 0.05) is 36.2 Å². The first-order valence-corrected chi connectivity index (χ1v) is 12.7. The fourth-order valence-corrected chi connectivity index (χ4v) is 6.17. The van der Waals surface area contributed by atoms with Gasteiger partial charge in [-0.2, -0.15) is 0 Å². The molecule has 32 heavy (non-hydrogen) atoms. The highest BCUT2D eigenvalue weighted by Crippen LogP contribution is 2.36. The molecule has 8 heteroatoms. The summed E-state index contributed by atoms with van der Waals surface area (Å²) in [5, 5.41) is 13.2. The molecule has 0 radical (unpaired) electrons. The van der Waals surface area contributed by atoms with Crippen LogP contribution in [0.15, 0.2) is 58.4 Å². The van der Waals surface area contributed by atoms with Crippen molar-refractivity contribution in [2.45, 2.75) is 57.1 Å². The van der Waals surface area contributed by atoms with Gasteiger partial charge in [-0.15, -0.1) is 0 Å². The van der Waals surface area contributed by atoms with Crippen LogP contribution in [0.2, 0.25) is 0 Å². The van der Waals surface area contributed by atoms with E-state index in [1.54, 1.807) is 12.1 Å². The number of dihydropyridines is 1. The summed E-state index contributed by atoms with van der Waals surface area (Å²) in [7, 11) is -3.81. The van der Waals surface area contributed by atoms with E-state index < -0.39 is 10.0 Å². The zero-order valence-electron chi connectivity index (χ0n) is 18.7. The minimum absolute atomic E-state index is 0.158. The van der Waals surface area contributed by atoms with Crippen LogP contribution in [0.3, 0.4) is 0 Å². The average molecular weight is 461 g/mol. The molecule has 174 valence electrons. The zero-order chi connectivity index (χ0) is 22.7. The number of nitrogens with one attached hydrogen (secondary N) is 1. The molecule has 0 amide bonds. The van der Waals surface area contributed by atoms with E-state index in [9.17, 15) is 13.5 Å². The second-order valence-corrected chi connectivity index (χ2v) is 10.4. The molecule has 0 saturated carbocycles. The Bertz CT molecular complexity index is 1040. The number of sulfonamides is 1. The fourth-order valence-electron chi connectivity index (χ4n) is 4.40. The van der Waals surface area contributed by atoms with E-state index in [0.29, 0.717) is 29.5 Å². The molecular formula is C24H32N2O5S. The number of nitrogens with zero attached hydrogens (tertiary/aromatic N) is 1. The number of ether oxygens (including phenoxy) is 2. The van der Waals surface area contributed by atoms with E-state index in [2.05, 4.69) is 5.32 Å². The molecular weight excluding hydrogens is 428 g/mol. The summed E-state index contributed by atoms with van der Waals surface area (Å²) < 4.78 is 40.2. The predicted molar refractivity (Wildman–Crippen MR) is 122 cm³/mol. The van der Waals surface area contributed by atoms with Gasteiger partial charge in [0.2, 0.25) is 0 Å². The topological polar surface area (TPSA) is 88.1 Å². The minimum atomic E-state index is -3.81. The highest BCUT2D eigenvalue weighted by molar-refractivity contribution is 7.89. The lowest BCUT2D eigenvalue weighted by molar-refractivity contribution is 0.0494. The molecule has 4 rings (SSSR count). The molecule has 2 N–H and O–H groups in total. The monoisotopic (exact) mass is 460 g/mol. The maximum Gasteiger partial charge on any atom is 0.264 e. The van der Waals surface area contributed by atoms with E-state index >= 15 is 0 Å². The van der Waals surface area contributed by atoms with Gasteiger partial charge in [0.1, 0.15) is 5.75 Å². The van der Waals surface area contributed by atoms with Crippen molar-refractivity contribution in [3.05, 3.63) is 59.1 Å². The maximum atomic E-state index is 13.7. The summed E-state index contributed by atoms with van der Waals surface area (Å²) in [4.78, 5) is 0.158. The molecule has 0 spiro atoms. The Morgan fingerprint density at radius 3 is 2.75 bits per heavy atom. The van der Waals surface area contributed by atoms with Crippen LogP contribution in [0.4, 0.5) is 0 Å². The zero-order valence-corrected chi connectivity index (χ0v) is 19.5. The summed E-state index contributed by atoms with van der Waals surface area (Å²) in [6.07, 6.45) is 9.14. The summed E-state index contributed by atoms with van der Waals surface area (Å²) in [5.41, 5.74) is 3.04. The molecule has 1 aromatic carbocycles. The molecule has 3 aliphatic rings. The van der Waals surface area contributed by atoms with Gasteiger partial charge >= 0.3 is 0 Å². The number of allylic oxidation sites excluding steroid dienone is 4. The Balaban J connectivity index is 1.59. The van der Waals surface area contributed by atoms with Crippen LogP contribution in [0.25, 0.3) is 0 Å². The highest BCUT2D eigenvalue weighted by Gasteiger charge is 2.36. The number of hydrogen-bond donors (Lipinski definition) is 2. The van der Waals surface area contributed by atoms with Crippen LogP contribution in [-0.4, -0.2) is 43.7 Å². The van der Waals surface area contributed by atoms with Gasteiger partial charge < -0.3 is 19.9 Å². The summed E-state index contributed by atoms with van der Waals surface area (Å²) >= 11 is 0. The molecule has 0 aliphatic carbocycles. The quantitative estimate of drug-likeness (QED) is 0.676. The molecule has 1 unspecified atom stereocenters. The van der Waals surface area contributed by atoms with E-state index in [1.165, 1.54) is 10.4 Å². The van der Waals surface area contributed by atoms with Crippen LogP contribution >= 0.6 is 0 Å². The number of hydrogen-bond acceptors (Lipinski definition) is 6. The van der Waals surface area contributed by atoms with Crippen molar-refractivity contribution in [1.29, 1.82) is 0 Å². The van der Waals surface area contributed by atoms with Crippen LogP contribution in [0, 0.1) is 5.92 Å². The second kappa shape index (κ2) is 9.68. The molecule has 7 nitrogen and oxygen atoms in total. The fraction of sp³-hybridized carbons (Fsp3) is 0.500. The summed E-state index contributed by atoms with van der Waals surface area (Å²) in [6.45, 7) is 5.60. The van der Waals surface area contributed by atoms with Crippen molar-refractivity contribution in [1.82, 2.24) is 9.62 Å². The normalized spacial score (nSPS) is 23.3. The smallest absolute Gasteiger partial charge is 0.264 e. The lowest BCUT2D eigenvalue weighted by atomic mass is 10.0. The first kappa shape index (κ1) is 22.9. The Hall–Kier alpha value is -2.29. The Kier molecular flexibility index (Phi) is 6.93. The first-order valence-electron chi connectivity index (χ1n) is 11.3. The van der Waals surface area contributed by atoms with Gasteiger partial charge in [0.25, 0.3) is 10.0 Å². The van der Waals surface area contributed by atoms with Crippen molar-refractivity contribution >= 4 is 10.0 Å². The third-order valence-electron chi connectivity index (χ3n) is 6.36. The third kappa shape index (κ3) is 4.58. The van der Waals surface area contributed by atoms with Crippen molar-refractivity contribution in [3.63, 3.8) is 0 Å². The van der Waals surface area contributed by atoms with Crippen molar-refractivity contribution in [2.75, 3.05) is 19.8 Å². The van der Waals surface area contributed by atoms with Crippen LogP contribution in [0.1, 0.15) is 45.1 Å². The van der Waals surface area contributed by atoms with E-state index in [-0.39, 0.29) is 17.5 Å².